The lowest BCUT2D eigenvalue weighted by molar-refractivity contribution is -0.120. The number of fused-ring (bicyclic) bond motifs is 1. The zero-order valence-electron chi connectivity index (χ0n) is 20.6. The van der Waals surface area contributed by atoms with Gasteiger partial charge in [-0.3, -0.25) is 9.59 Å². The highest BCUT2D eigenvalue weighted by atomic mass is 16.5. The summed E-state index contributed by atoms with van der Waals surface area (Å²) < 4.78 is 12.6. The predicted molar refractivity (Wildman–Crippen MR) is 132 cm³/mol. The Balaban J connectivity index is 1.67. The van der Waals surface area contributed by atoms with Crippen molar-refractivity contribution in [2.75, 3.05) is 39.3 Å². The summed E-state index contributed by atoms with van der Waals surface area (Å²) in [6, 6.07) is 3.89. The monoisotopic (exact) mass is 470 g/mol. The van der Waals surface area contributed by atoms with Crippen molar-refractivity contribution in [1.82, 2.24) is 14.5 Å². The van der Waals surface area contributed by atoms with Crippen molar-refractivity contribution in [3.63, 3.8) is 0 Å². The van der Waals surface area contributed by atoms with E-state index in [1.807, 2.05) is 21.6 Å². The summed E-state index contributed by atoms with van der Waals surface area (Å²) in [6.07, 6.45) is 11.0. The number of carbonyl (C=O) groups is 2. The Kier molecular flexibility index (Phi) is 8.56. The molecule has 1 aliphatic heterocycles. The van der Waals surface area contributed by atoms with E-state index in [1.54, 1.807) is 20.5 Å². The highest BCUT2D eigenvalue weighted by Crippen LogP contribution is 2.30. The summed E-state index contributed by atoms with van der Waals surface area (Å²) in [7, 11) is 3.36. The molecule has 34 heavy (non-hydrogen) atoms. The minimum Gasteiger partial charge on any atom is -0.385 e. The molecule has 0 bridgehead atoms. The van der Waals surface area contributed by atoms with Crippen LogP contribution < -0.4 is 5.32 Å². The predicted octanol–water partition coefficient (Wildman–Crippen LogP) is 4.23. The minimum atomic E-state index is -0.00117. The standard InChI is InChI=1S/C26H38N4O4/c1-33-14-11-21-10-6-7-12-30(21)26(32)22-16-20(28-25(31)19-8-4-3-5-9-19)17-23-24(22)29(18-27-23)13-15-34-2/h16-19,21H,3-15H2,1-2H3,(H,28,31)/t21-/m0/s1. The summed E-state index contributed by atoms with van der Waals surface area (Å²) in [6.45, 7) is 2.50. The van der Waals surface area contributed by atoms with E-state index < -0.39 is 0 Å². The van der Waals surface area contributed by atoms with Crippen molar-refractivity contribution in [2.24, 2.45) is 5.92 Å². The molecule has 2 heterocycles. The number of methoxy groups -OCH3 is 2. The van der Waals surface area contributed by atoms with E-state index in [0.29, 0.717) is 36.5 Å². The number of ether oxygens (including phenoxy) is 2. The molecule has 8 heteroatoms. The van der Waals surface area contributed by atoms with Crippen molar-refractivity contribution >= 4 is 28.5 Å². The fraction of sp³-hybridized carbons (Fsp3) is 0.654. The molecule has 4 rings (SSSR count). The van der Waals surface area contributed by atoms with Crippen LogP contribution in [0.2, 0.25) is 0 Å². The van der Waals surface area contributed by atoms with Gasteiger partial charge in [0.25, 0.3) is 5.91 Å². The molecule has 8 nitrogen and oxygen atoms in total. The van der Waals surface area contributed by atoms with Crippen LogP contribution in [0.25, 0.3) is 11.0 Å². The summed E-state index contributed by atoms with van der Waals surface area (Å²) in [4.78, 5) is 33.5. The zero-order chi connectivity index (χ0) is 23.9. The molecule has 2 amide bonds. The zero-order valence-corrected chi connectivity index (χ0v) is 20.6. The number of nitrogens with zero attached hydrogens (tertiary/aromatic N) is 3. The summed E-state index contributed by atoms with van der Waals surface area (Å²) in [5.74, 6) is 0.0920. The van der Waals surface area contributed by atoms with Crippen molar-refractivity contribution in [3.8, 4) is 0 Å². The van der Waals surface area contributed by atoms with Crippen LogP contribution in [-0.2, 0) is 20.8 Å². The van der Waals surface area contributed by atoms with Crippen LogP contribution in [0, 0.1) is 5.92 Å². The molecule has 0 unspecified atom stereocenters. The molecule has 0 radical (unpaired) electrons. The van der Waals surface area contributed by atoms with E-state index in [9.17, 15) is 9.59 Å². The number of amides is 2. The minimum absolute atomic E-state index is 0.00117. The topological polar surface area (TPSA) is 85.7 Å². The Labute approximate surface area is 202 Å². The molecule has 2 fully saturated rings. The van der Waals surface area contributed by atoms with Crippen LogP contribution in [0.3, 0.4) is 0 Å². The maximum Gasteiger partial charge on any atom is 0.256 e. The molecular formula is C26H38N4O4. The summed E-state index contributed by atoms with van der Waals surface area (Å²) >= 11 is 0. The van der Waals surface area contributed by atoms with Gasteiger partial charge >= 0.3 is 0 Å². The van der Waals surface area contributed by atoms with Crippen molar-refractivity contribution in [1.29, 1.82) is 0 Å². The first-order valence-electron chi connectivity index (χ1n) is 12.7. The fourth-order valence-corrected chi connectivity index (χ4v) is 5.39. The first-order valence-corrected chi connectivity index (χ1v) is 12.7. The van der Waals surface area contributed by atoms with Gasteiger partial charge in [0, 0.05) is 51.6 Å². The van der Waals surface area contributed by atoms with Gasteiger partial charge in [-0.05, 0) is 50.7 Å². The lowest BCUT2D eigenvalue weighted by Crippen LogP contribution is -2.44. The number of anilines is 1. The average Bonchev–Trinajstić information content (AvgIpc) is 3.28. The lowest BCUT2D eigenvalue weighted by Gasteiger charge is -2.36. The van der Waals surface area contributed by atoms with E-state index >= 15 is 0 Å². The maximum atomic E-state index is 14.0. The second-order valence-electron chi connectivity index (χ2n) is 9.58. The smallest absolute Gasteiger partial charge is 0.256 e. The van der Waals surface area contributed by atoms with Gasteiger partial charge in [0.05, 0.1) is 29.5 Å². The second kappa shape index (κ2) is 11.8. The quantitative estimate of drug-likeness (QED) is 0.593. The number of aromatic nitrogens is 2. The van der Waals surface area contributed by atoms with Gasteiger partial charge < -0.3 is 24.3 Å². The van der Waals surface area contributed by atoms with Crippen LogP contribution in [-0.4, -0.2) is 66.3 Å². The van der Waals surface area contributed by atoms with E-state index in [1.165, 1.54) is 6.42 Å². The van der Waals surface area contributed by atoms with Crippen molar-refractivity contribution in [3.05, 3.63) is 24.0 Å². The number of rotatable bonds is 9. The second-order valence-corrected chi connectivity index (χ2v) is 9.58. The largest absolute Gasteiger partial charge is 0.385 e. The first kappa shape index (κ1) is 24.7. The van der Waals surface area contributed by atoms with Crippen LogP contribution in [0.4, 0.5) is 5.69 Å². The third-order valence-corrected chi connectivity index (χ3v) is 7.27. The normalized spacial score (nSPS) is 19.5. The molecule has 1 aliphatic carbocycles. The molecule has 0 spiro atoms. The number of piperidine rings is 1. The molecule has 1 N–H and O–H groups in total. The molecular weight excluding hydrogens is 432 g/mol. The number of hydrogen-bond donors (Lipinski definition) is 1. The van der Waals surface area contributed by atoms with E-state index in [2.05, 4.69) is 10.3 Å². The number of hydrogen-bond acceptors (Lipinski definition) is 5. The summed E-state index contributed by atoms with van der Waals surface area (Å²) in [5.41, 5.74) is 2.75. The molecule has 1 aromatic heterocycles. The van der Waals surface area contributed by atoms with Gasteiger partial charge in [0.1, 0.15) is 0 Å². The van der Waals surface area contributed by atoms with E-state index in [-0.39, 0.29) is 23.8 Å². The third-order valence-electron chi connectivity index (χ3n) is 7.27. The van der Waals surface area contributed by atoms with Crippen LogP contribution >= 0.6 is 0 Å². The van der Waals surface area contributed by atoms with Gasteiger partial charge in [-0.2, -0.15) is 0 Å². The molecule has 2 aliphatic rings. The number of likely N-dealkylation sites (tertiary alicyclic amines) is 1. The lowest BCUT2D eigenvalue weighted by atomic mass is 9.88. The number of nitrogens with one attached hydrogen (secondary N) is 1. The molecule has 1 saturated carbocycles. The van der Waals surface area contributed by atoms with E-state index in [0.717, 1.165) is 63.4 Å². The van der Waals surface area contributed by atoms with E-state index in [4.69, 9.17) is 9.47 Å². The van der Waals surface area contributed by atoms with Gasteiger partial charge in [-0.15, -0.1) is 0 Å². The average molecular weight is 471 g/mol. The van der Waals surface area contributed by atoms with Crippen LogP contribution in [0.5, 0.6) is 0 Å². The van der Waals surface area contributed by atoms with Crippen molar-refractivity contribution < 1.29 is 19.1 Å². The molecule has 186 valence electrons. The highest BCUT2D eigenvalue weighted by Gasteiger charge is 2.30. The van der Waals surface area contributed by atoms with Crippen LogP contribution in [0.15, 0.2) is 18.5 Å². The van der Waals surface area contributed by atoms with Gasteiger partial charge in [0.2, 0.25) is 5.91 Å². The van der Waals surface area contributed by atoms with Gasteiger partial charge in [0.15, 0.2) is 0 Å². The van der Waals surface area contributed by atoms with Crippen LogP contribution in [0.1, 0.15) is 68.1 Å². The Bertz CT molecular complexity index is 983. The molecule has 1 atom stereocenters. The van der Waals surface area contributed by atoms with Crippen molar-refractivity contribution in [2.45, 2.75) is 70.4 Å². The third kappa shape index (κ3) is 5.61. The Hall–Kier alpha value is -2.45. The number of imidazole rings is 1. The Morgan fingerprint density at radius 2 is 1.79 bits per heavy atom. The molecule has 1 saturated heterocycles. The number of carbonyl (C=O) groups excluding carboxylic acids is 2. The maximum absolute atomic E-state index is 14.0. The highest BCUT2D eigenvalue weighted by molar-refractivity contribution is 6.08. The number of benzene rings is 1. The fourth-order valence-electron chi connectivity index (χ4n) is 5.39. The molecule has 1 aromatic carbocycles. The Morgan fingerprint density at radius 1 is 1.03 bits per heavy atom. The SMILES string of the molecule is COCC[C@@H]1CCCCN1C(=O)c1cc(NC(=O)C2CCCCC2)cc2ncn(CCOC)c12. The molecule has 2 aromatic rings. The summed E-state index contributed by atoms with van der Waals surface area (Å²) in [5, 5.41) is 3.10. The Morgan fingerprint density at radius 3 is 2.56 bits per heavy atom. The van der Waals surface area contributed by atoms with Gasteiger partial charge in [-0.25, -0.2) is 4.98 Å². The first-order chi connectivity index (χ1) is 16.6. The van der Waals surface area contributed by atoms with Gasteiger partial charge in [-0.1, -0.05) is 19.3 Å².